The van der Waals surface area contributed by atoms with Gasteiger partial charge in [0.1, 0.15) is 6.54 Å². The predicted molar refractivity (Wildman–Crippen MR) is 71.4 cm³/mol. The lowest BCUT2D eigenvalue weighted by Gasteiger charge is -2.20. The Kier molecular flexibility index (Phi) is 6.57. The quantitative estimate of drug-likeness (QED) is 0.699. The van der Waals surface area contributed by atoms with E-state index in [-0.39, 0.29) is 24.8 Å². The van der Waals surface area contributed by atoms with Gasteiger partial charge >= 0.3 is 5.97 Å². The molecule has 0 atom stereocenters. The van der Waals surface area contributed by atoms with Gasteiger partial charge in [-0.05, 0) is 25.5 Å². The van der Waals surface area contributed by atoms with Crippen LogP contribution in [0.4, 0.5) is 0 Å². The van der Waals surface area contributed by atoms with Gasteiger partial charge in [-0.25, -0.2) is 0 Å². The summed E-state index contributed by atoms with van der Waals surface area (Å²) in [5, 5.41) is 0. The van der Waals surface area contributed by atoms with Crippen molar-refractivity contribution >= 4 is 11.9 Å². The molecule has 0 spiro atoms. The van der Waals surface area contributed by atoms with Crippen LogP contribution in [0.2, 0.25) is 0 Å². The summed E-state index contributed by atoms with van der Waals surface area (Å²) in [5.41, 5.74) is 0.706. The smallest absolute Gasteiger partial charge is 0.325 e. The number of aromatic nitrogens is 1. The van der Waals surface area contributed by atoms with Gasteiger partial charge in [0, 0.05) is 18.4 Å². The van der Waals surface area contributed by atoms with E-state index < -0.39 is 0 Å². The van der Waals surface area contributed by atoms with Crippen LogP contribution in [0.25, 0.3) is 0 Å². The van der Waals surface area contributed by atoms with E-state index in [4.69, 9.17) is 4.74 Å². The van der Waals surface area contributed by atoms with E-state index in [0.29, 0.717) is 18.8 Å². The van der Waals surface area contributed by atoms with E-state index in [1.54, 1.807) is 25.3 Å². The Morgan fingerprint density at radius 2 is 2.11 bits per heavy atom. The van der Waals surface area contributed by atoms with Crippen molar-refractivity contribution in [3.8, 4) is 0 Å². The molecule has 1 amide bonds. The molecule has 0 saturated carbocycles. The van der Waals surface area contributed by atoms with Crippen molar-refractivity contribution in [3.05, 3.63) is 30.1 Å². The fourth-order valence-corrected chi connectivity index (χ4v) is 1.69. The Balaban J connectivity index is 2.59. The van der Waals surface area contributed by atoms with E-state index in [2.05, 4.69) is 4.98 Å². The summed E-state index contributed by atoms with van der Waals surface area (Å²) in [6.45, 7) is 4.59. The second-order valence-electron chi connectivity index (χ2n) is 4.12. The number of pyridine rings is 1. The third-order valence-electron chi connectivity index (χ3n) is 2.53. The van der Waals surface area contributed by atoms with Gasteiger partial charge in [0.05, 0.1) is 13.0 Å². The van der Waals surface area contributed by atoms with Crippen LogP contribution in [0, 0.1) is 0 Å². The summed E-state index contributed by atoms with van der Waals surface area (Å²) in [5.74, 6) is -0.473. The Bertz CT molecular complexity index is 406. The van der Waals surface area contributed by atoms with Crippen LogP contribution in [0.15, 0.2) is 24.4 Å². The lowest BCUT2D eigenvalue weighted by molar-refractivity contribution is -0.148. The van der Waals surface area contributed by atoms with Gasteiger partial charge in [0.25, 0.3) is 0 Å². The number of nitrogens with zero attached hydrogens (tertiary/aromatic N) is 2. The summed E-state index contributed by atoms with van der Waals surface area (Å²) in [6, 6.07) is 5.44. The summed E-state index contributed by atoms with van der Waals surface area (Å²) in [4.78, 5) is 29.2. The average molecular weight is 264 g/mol. The molecule has 0 N–H and O–H groups in total. The van der Waals surface area contributed by atoms with Gasteiger partial charge in [0.2, 0.25) is 5.91 Å². The molecule has 0 unspecified atom stereocenters. The maximum atomic E-state index is 12.1. The van der Waals surface area contributed by atoms with Gasteiger partial charge in [-0.2, -0.15) is 0 Å². The number of amides is 1. The van der Waals surface area contributed by atoms with Crippen LogP contribution in [-0.2, 0) is 20.7 Å². The van der Waals surface area contributed by atoms with Gasteiger partial charge in [-0.1, -0.05) is 13.0 Å². The number of carbonyl (C=O) groups is 2. The Labute approximate surface area is 113 Å². The zero-order valence-electron chi connectivity index (χ0n) is 11.5. The summed E-state index contributed by atoms with van der Waals surface area (Å²) < 4.78 is 4.87. The number of ether oxygens (including phenoxy) is 1. The molecule has 0 aliphatic rings. The topological polar surface area (TPSA) is 59.5 Å². The first-order chi connectivity index (χ1) is 9.17. The van der Waals surface area contributed by atoms with E-state index in [1.165, 1.54) is 4.90 Å². The van der Waals surface area contributed by atoms with Crippen molar-refractivity contribution in [2.75, 3.05) is 19.7 Å². The maximum Gasteiger partial charge on any atom is 0.325 e. The lowest BCUT2D eigenvalue weighted by Crippen LogP contribution is -2.38. The molecule has 0 aliphatic carbocycles. The van der Waals surface area contributed by atoms with Crippen molar-refractivity contribution in [1.82, 2.24) is 9.88 Å². The molecule has 0 aromatic carbocycles. The molecule has 1 aromatic rings. The minimum absolute atomic E-state index is 0.00729. The molecule has 1 heterocycles. The van der Waals surface area contributed by atoms with E-state index >= 15 is 0 Å². The summed E-state index contributed by atoms with van der Waals surface area (Å²) >= 11 is 0. The van der Waals surface area contributed by atoms with Gasteiger partial charge in [-0.3, -0.25) is 14.6 Å². The standard InChI is InChI=1S/C14H20N2O3/c1-3-9-16(11-14(18)19-4-2)13(17)10-12-7-5-6-8-15-12/h5-8H,3-4,9-11H2,1-2H3. The number of rotatable bonds is 7. The molecule has 0 radical (unpaired) electrons. The molecule has 104 valence electrons. The highest BCUT2D eigenvalue weighted by Crippen LogP contribution is 2.01. The largest absolute Gasteiger partial charge is 0.465 e. The van der Waals surface area contributed by atoms with Crippen LogP contribution < -0.4 is 0 Å². The molecule has 19 heavy (non-hydrogen) atoms. The van der Waals surface area contributed by atoms with Crippen molar-refractivity contribution in [2.24, 2.45) is 0 Å². The second kappa shape index (κ2) is 8.24. The third kappa shape index (κ3) is 5.50. The van der Waals surface area contributed by atoms with E-state index in [0.717, 1.165) is 6.42 Å². The monoisotopic (exact) mass is 264 g/mol. The first-order valence-electron chi connectivity index (χ1n) is 6.50. The van der Waals surface area contributed by atoms with Crippen molar-refractivity contribution in [2.45, 2.75) is 26.7 Å². The highest BCUT2D eigenvalue weighted by atomic mass is 16.5. The Morgan fingerprint density at radius 3 is 2.68 bits per heavy atom. The maximum absolute atomic E-state index is 12.1. The predicted octanol–water partition coefficient (Wildman–Crippen LogP) is 1.43. The third-order valence-corrected chi connectivity index (χ3v) is 2.53. The minimum Gasteiger partial charge on any atom is -0.465 e. The average Bonchev–Trinajstić information content (AvgIpc) is 2.39. The molecule has 5 heteroatoms. The molecule has 0 fully saturated rings. The van der Waals surface area contributed by atoms with Crippen molar-refractivity contribution in [1.29, 1.82) is 0 Å². The van der Waals surface area contributed by atoms with Gasteiger partial charge in [0.15, 0.2) is 0 Å². The number of hydrogen-bond acceptors (Lipinski definition) is 4. The first kappa shape index (κ1) is 15.1. The molecule has 0 bridgehead atoms. The zero-order chi connectivity index (χ0) is 14.1. The molecular formula is C14H20N2O3. The normalized spacial score (nSPS) is 10.0. The molecule has 0 aliphatic heterocycles. The Morgan fingerprint density at radius 1 is 1.32 bits per heavy atom. The molecule has 0 saturated heterocycles. The fourth-order valence-electron chi connectivity index (χ4n) is 1.69. The van der Waals surface area contributed by atoms with Crippen LogP contribution in [0.3, 0.4) is 0 Å². The zero-order valence-corrected chi connectivity index (χ0v) is 11.5. The number of esters is 1. The van der Waals surface area contributed by atoms with Crippen LogP contribution >= 0.6 is 0 Å². The second-order valence-corrected chi connectivity index (χ2v) is 4.12. The van der Waals surface area contributed by atoms with Gasteiger partial charge in [-0.15, -0.1) is 0 Å². The summed E-state index contributed by atoms with van der Waals surface area (Å²) in [7, 11) is 0. The summed E-state index contributed by atoms with van der Waals surface area (Å²) in [6.07, 6.45) is 2.66. The van der Waals surface area contributed by atoms with E-state index in [9.17, 15) is 9.59 Å². The number of carbonyl (C=O) groups excluding carboxylic acids is 2. The van der Waals surface area contributed by atoms with Crippen LogP contribution in [0.5, 0.6) is 0 Å². The van der Waals surface area contributed by atoms with Crippen LogP contribution in [-0.4, -0.2) is 41.5 Å². The van der Waals surface area contributed by atoms with Crippen molar-refractivity contribution < 1.29 is 14.3 Å². The van der Waals surface area contributed by atoms with E-state index in [1.807, 2.05) is 13.0 Å². The number of hydrogen-bond donors (Lipinski definition) is 0. The minimum atomic E-state index is -0.370. The SMILES string of the molecule is CCCN(CC(=O)OCC)C(=O)Cc1ccccn1. The molecule has 5 nitrogen and oxygen atoms in total. The fraction of sp³-hybridized carbons (Fsp3) is 0.500. The molecule has 1 rings (SSSR count). The first-order valence-corrected chi connectivity index (χ1v) is 6.50. The highest BCUT2D eigenvalue weighted by molar-refractivity contribution is 5.83. The van der Waals surface area contributed by atoms with Crippen molar-refractivity contribution in [3.63, 3.8) is 0 Å². The molecular weight excluding hydrogens is 244 g/mol. The van der Waals surface area contributed by atoms with Gasteiger partial charge < -0.3 is 9.64 Å². The Hall–Kier alpha value is -1.91. The molecule has 1 aromatic heterocycles. The highest BCUT2D eigenvalue weighted by Gasteiger charge is 2.17. The lowest BCUT2D eigenvalue weighted by atomic mass is 10.2. The van der Waals surface area contributed by atoms with Crippen LogP contribution in [0.1, 0.15) is 26.0 Å².